The molecule has 1 amide bonds. The highest BCUT2D eigenvalue weighted by atomic mass is 32.2. The number of anilines is 1. The van der Waals surface area contributed by atoms with Crippen LogP contribution in [0.25, 0.3) is 10.8 Å². The van der Waals surface area contributed by atoms with Gasteiger partial charge in [0.15, 0.2) is 15.9 Å². The number of benzene rings is 3. The summed E-state index contributed by atoms with van der Waals surface area (Å²) in [5.74, 6) is -0.641. The number of ether oxygens (including phenoxy) is 1. The average Bonchev–Trinajstić information content (AvgIpc) is 3.79. The first-order valence-electron chi connectivity index (χ1n) is 14.1. The van der Waals surface area contributed by atoms with Crippen molar-refractivity contribution in [1.29, 1.82) is 0 Å². The zero-order valence-corrected chi connectivity index (χ0v) is 25.1. The predicted molar refractivity (Wildman–Crippen MR) is 168 cm³/mol. The van der Waals surface area contributed by atoms with Gasteiger partial charge in [-0.1, -0.05) is 97.5 Å². The SMILES string of the molecule is CCCCCOc1cccc(C2C(C(=O)c3ccco3)=C(O)C(=O)N2c2nnc(SCc3cccc4ccccc34)s2)c1. The van der Waals surface area contributed by atoms with E-state index in [-0.39, 0.29) is 16.5 Å². The summed E-state index contributed by atoms with van der Waals surface area (Å²) in [7, 11) is 0. The Bertz CT molecular complexity index is 1790. The van der Waals surface area contributed by atoms with Gasteiger partial charge in [0, 0.05) is 5.75 Å². The van der Waals surface area contributed by atoms with Gasteiger partial charge in [-0.15, -0.1) is 10.2 Å². The second-order valence-electron chi connectivity index (χ2n) is 10.1. The second kappa shape index (κ2) is 12.8. The van der Waals surface area contributed by atoms with Gasteiger partial charge in [-0.2, -0.15) is 0 Å². The second-order valence-corrected chi connectivity index (χ2v) is 12.2. The maximum absolute atomic E-state index is 13.6. The molecule has 2 aromatic heterocycles. The number of nitrogens with zero attached hydrogens (tertiary/aromatic N) is 3. The monoisotopic (exact) mass is 611 g/mol. The van der Waals surface area contributed by atoms with E-state index in [1.807, 2.05) is 30.3 Å². The number of fused-ring (bicyclic) bond motifs is 1. The molecule has 8 nitrogen and oxygen atoms in total. The lowest BCUT2D eigenvalue weighted by Crippen LogP contribution is -2.31. The number of rotatable bonds is 12. The summed E-state index contributed by atoms with van der Waals surface area (Å²) in [6, 6.07) is 23.8. The molecule has 0 radical (unpaired) electrons. The molecule has 1 N–H and O–H groups in total. The van der Waals surface area contributed by atoms with Crippen molar-refractivity contribution in [2.75, 3.05) is 11.5 Å². The molecule has 1 aliphatic rings. The summed E-state index contributed by atoms with van der Waals surface area (Å²) in [4.78, 5) is 28.5. The van der Waals surface area contributed by atoms with Crippen molar-refractivity contribution >= 4 is 50.7 Å². The lowest BCUT2D eigenvalue weighted by atomic mass is 9.95. The Hall–Kier alpha value is -4.41. The maximum Gasteiger partial charge on any atom is 0.296 e. The molecular formula is C33H29N3O5S2. The lowest BCUT2D eigenvalue weighted by Gasteiger charge is -2.24. The molecule has 0 spiro atoms. The van der Waals surface area contributed by atoms with Crippen molar-refractivity contribution in [3.63, 3.8) is 0 Å². The molecule has 1 aliphatic heterocycles. The Morgan fingerprint density at radius 3 is 2.72 bits per heavy atom. The van der Waals surface area contributed by atoms with E-state index in [1.54, 1.807) is 18.2 Å². The number of furan rings is 1. The molecule has 10 heteroatoms. The first-order valence-corrected chi connectivity index (χ1v) is 15.9. The number of amides is 1. The topological polar surface area (TPSA) is 106 Å². The molecule has 43 heavy (non-hydrogen) atoms. The van der Waals surface area contributed by atoms with Crippen molar-refractivity contribution in [2.45, 2.75) is 42.3 Å². The van der Waals surface area contributed by atoms with E-state index < -0.39 is 23.5 Å². The molecule has 218 valence electrons. The number of carbonyl (C=O) groups is 2. The minimum absolute atomic E-state index is 0.0248. The van der Waals surface area contributed by atoms with Crippen LogP contribution >= 0.6 is 23.1 Å². The van der Waals surface area contributed by atoms with Crippen LogP contribution in [-0.2, 0) is 10.5 Å². The van der Waals surface area contributed by atoms with Crippen LogP contribution in [0.5, 0.6) is 5.75 Å². The zero-order chi connectivity index (χ0) is 29.8. The first-order chi connectivity index (χ1) is 21.0. The van der Waals surface area contributed by atoms with Crippen molar-refractivity contribution in [3.8, 4) is 5.75 Å². The van der Waals surface area contributed by atoms with Gasteiger partial charge in [-0.3, -0.25) is 14.5 Å². The lowest BCUT2D eigenvalue weighted by molar-refractivity contribution is -0.117. The average molecular weight is 612 g/mol. The predicted octanol–water partition coefficient (Wildman–Crippen LogP) is 7.93. The van der Waals surface area contributed by atoms with E-state index in [9.17, 15) is 14.7 Å². The van der Waals surface area contributed by atoms with Crippen molar-refractivity contribution in [2.24, 2.45) is 0 Å². The number of ketones is 1. The molecular weight excluding hydrogens is 583 g/mol. The molecule has 6 rings (SSSR count). The number of Topliss-reactive ketones (excluding diaryl/α,β-unsaturated/α-hetero) is 1. The van der Waals surface area contributed by atoms with Crippen molar-refractivity contribution in [3.05, 3.63) is 113 Å². The fourth-order valence-electron chi connectivity index (χ4n) is 5.12. The van der Waals surface area contributed by atoms with E-state index in [4.69, 9.17) is 9.15 Å². The van der Waals surface area contributed by atoms with Gasteiger partial charge in [0.05, 0.1) is 24.5 Å². The van der Waals surface area contributed by atoms with Crippen molar-refractivity contribution in [1.82, 2.24) is 10.2 Å². The minimum atomic E-state index is -0.951. The van der Waals surface area contributed by atoms with Gasteiger partial charge < -0.3 is 14.3 Å². The van der Waals surface area contributed by atoms with Gasteiger partial charge in [0.1, 0.15) is 5.75 Å². The Labute approximate surface area is 257 Å². The van der Waals surface area contributed by atoms with Gasteiger partial charge in [-0.05, 0) is 52.6 Å². The summed E-state index contributed by atoms with van der Waals surface area (Å²) in [6.45, 7) is 2.68. The van der Waals surface area contributed by atoms with Crippen LogP contribution in [-0.4, -0.2) is 33.6 Å². The first kappa shape index (κ1) is 28.7. The highest BCUT2D eigenvalue weighted by Gasteiger charge is 2.46. The third-order valence-corrected chi connectivity index (χ3v) is 9.33. The third-order valence-electron chi connectivity index (χ3n) is 7.22. The van der Waals surface area contributed by atoms with Gasteiger partial charge in [0.2, 0.25) is 10.9 Å². The molecule has 0 saturated heterocycles. The molecule has 0 aliphatic carbocycles. The highest BCUT2D eigenvalue weighted by molar-refractivity contribution is 8.00. The van der Waals surface area contributed by atoms with Crippen LogP contribution in [0.2, 0.25) is 0 Å². The van der Waals surface area contributed by atoms with Gasteiger partial charge in [0.25, 0.3) is 5.91 Å². The van der Waals surface area contributed by atoms with E-state index >= 15 is 0 Å². The number of aliphatic hydroxyl groups is 1. The fourth-order valence-corrected chi connectivity index (χ4v) is 6.99. The summed E-state index contributed by atoms with van der Waals surface area (Å²) in [5, 5.41) is 22.4. The summed E-state index contributed by atoms with van der Waals surface area (Å²) in [5.41, 5.74) is 1.68. The molecule has 5 aromatic rings. The zero-order valence-electron chi connectivity index (χ0n) is 23.4. The van der Waals surface area contributed by atoms with Crippen LogP contribution in [0.1, 0.15) is 53.9 Å². The Kier molecular flexibility index (Phi) is 8.57. The number of hydrogen-bond donors (Lipinski definition) is 1. The van der Waals surface area contributed by atoms with E-state index in [0.717, 1.165) is 30.2 Å². The summed E-state index contributed by atoms with van der Waals surface area (Å²) < 4.78 is 12.0. The number of unbranched alkanes of at least 4 members (excludes halogenated alkanes) is 2. The summed E-state index contributed by atoms with van der Waals surface area (Å²) in [6.07, 6.45) is 4.43. The fraction of sp³-hybridized carbons (Fsp3) is 0.212. The van der Waals surface area contributed by atoms with Crippen molar-refractivity contribution < 1.29 is 23.8 Å². The Morgan fingerprint density at radius 1 is 1.05 bits per heavy atom. The molecule has 3 aromatic carbocycles. The van der Waals surface area contributed by atoms with E-state index in [1.165, 1.54) is 45.7 Å². The van der Waals surface area contributed by atoms with Crippen LogP contribution in [0.4, 0.5) is 5.13 Å². The van der Waals surface area contributed by atoms with E-state index in [2.05, 4.69) is 41.4 Å². The molecule has 3 heterocycles. The molecule has 1 atom stereocenters. The number of thioether (sulfide) groups is 1. The van der Waals surface area contributed by atoms with Crippen LogP contribution < -0.4 is 9.64 Å². The number of aromatic nitrogens is 2. The van der Waals surface area contributed by atoms with Crippen LogP contribution in [0.3, 0.4) is 0 Å². The normalized spacial score (nSPS) is 15.0. The number of carbonyl (C=O) groups excluding carboxylic acids is 2. The smallest absolute Gasteiger partial charge is 0.296 e. The molecule has 0 bridgehead atoms. The highest BCUT2D eigenvalue weighted by Crippen LogP contribution is 2.44. The summed E-state index contributed by atoms with van der Waals surface area (Å²) >= 11 is 2.75. The number of aliphatic hydroxyl groups excluding tert-OH is 1. The molecule has 0 saturated carbocycles. The molecule has 0 fully saturated rings. The minimum Gasteiger partial charge on any atom is -0.503 e. The van der Waals surface area contributed by atoms with Gasteiger partial charge in [-0.25, -0.2) is 0 Å². The van der Waals surface area contributed by atoms with E-state index in [0.29, 0.717) is 28.0 Å². The maximum atomic E-state index is 13.6. The van der Waals surface area contributed by atoms with Crippen LogP contribution in [0.15, 0.2) is 105 Å². The Morgan fingerprint density at radius 2 is 1.88 bits per heavy atom. The van der Waals surface area contributed by atoms with Gasteiger partial charge >= 0.3 is 0 Å². The Balaban J connectivity index is 1.31. The quantitative estimate of drug-likeness (QED) is 0.0656. The largest absolute Gasteiger partial charge is 0.503 e. The number of hydrogen-bond acceptors (Lipinski definition) is 9. The van der Waals surface area contributed by atoms with Crippen LogP contribution in [0, 0.1) is 0 Å². The third kappa shape index (κ3) is 5.93. The molecule has 1 unspecified atom stereocenters. The standard InChI is InChI=1S/C33H29N3O5S2/c1-2-3-6-17-40-24-14-8-12-22(19-24)28-27(29(37)26-16-9-18-41-26)30(38)31(39)36(28)32-34-35-33(43-32)42-20-23-13-7-11-21-10-4-5-15-25(21)23/h4-5,7-16,18-19,28,38H,2-3,6,17,20H2,1H3.